The van der Waals surface area contributed by atoms with Crippen molar-refractivity contribution >= 4 is 11.6 Å². The van der Waals surface area contributed by atoms with E-state index in [0.29, 0.717) is 17.8 Å². The first-order valence-electron chi connectivity index (χ1n) is 8.81. The molecule has 1 aromatic carbocycles. The topological polar surface area (TPSA) is 75.0 Å². The number of benzene rings is 1. The van der Waals surface area contributed by atoms with Crippen molar-refractivity contribution in [3.05, 3.63) is 53.3 Å². The molecule has 25 heavy (non-hydrogen) atoms. The van der Waals surface area contributed by atoms with Gasteiger partial charge in [0.05, 0.1) is 5.69 Å². The van der Waals surface area contributed by atoms with E-state index in [0.717, 1.165) is 30.6 Å². The minimum atomic E-state index is 0.0635. The van der Waals surface area contributed by atoms with E-state index in [-0.39, 0.29) is 18.5 Å². The first-order valence-corrected chi connectivity index (χ1v) is 8.81. The fourth-order valence-electron chi connectivity index (χ4n) is 3.56. The Labute approximate surface area is 148 Å². The number of carbonyl (C=O) groups is 1. The van der Waals surface area contributed by atoms with Crippen LogP contribution in [0.2, 0.25) is 0 Å². The molecule has 0 aliphatic carbocycles. The van der Waals surface area contributed by atoms with Gasteiger partial charge in [-0.15, -0.1) is 0 Å². The molecule has 1 fully saturated rings. The Kier molecular flexibility index (Phi) is 5.08. The minimum absolute atomic E-state index is 0.0635. The summed E-state index contributed by atoms with van der Waals surface area (Å²) in [5.74, 6) is 0.0635. The largest absolute Gasteiger partial charge is 0.397 e. The van der Waals surface area contributed by atoms with Gasteiger partial charge < -0.3 is 15.2 Å². The fraction of sp³-hybridized carbons (Fsp3) is 0.400. The van der Waals surface area contributed by atoms with Gasteiger partial charge in [-0.1, -0.05) is 30.3 Å². The van der Waals surface area contributed by atoms with Crippen LogP contribution in [0.3, 0.4) is 0 Å². The maximum Gasteiger partial charge on any atom is 0.242 e. The summed E-state index contributed by atoms with van der Waals surface area (Å²) in [5, 5.41) is 9.45. The van der Waals surface area contributed by atoms with E-state index in [9.17, 15) is 10.1 Å². The standard InChI is InChI=1S/C20H24N4O/c1-15-7-5-6-10-23(15)20(25)14-24-17(13-21)12-18(22)19(24)11-16-8-3-2-4-9-16/h2-4,8-9,12,15H,5-7,10-11,14,22H2,1H3/t15-/m1/s1. The van der Waals surface area contributed by atoms with Crippen molar-refractivity contribution < 1.29 is 4.79 Å². The highest BCUT2D eigenvalue weighted by Crippen LogP contribution is 2.23. The number of amides is 1. The summed E-state index contributed by atoms with van der Waals surface area (Å²) >= 11 is 0. The molecular formula is C20H24N4O. The van der Waals surface area contributed by atoms with Gasteiger partial charge in [-0.3, -0.25) is 4.79 Å². The summed E-state index contributed by atoms with van der Waals surface area (Å²) < 4.78 is 1.78. The Hall–Kier alpha value is -2.74. The van der Waals surface area contributed by atoms with Crippen molar-refractivity contribution in [2.24, 2.45) is 0 Å². The molecule has 1 amide bonds. The van der Waals surface area contributed by atoms with Crippen LogP contribution < -0.4 is 5.73 Å². The Balaban J connectivity index is 1.87. The molecule has 130 valence electrons. The Morgan fingerprint density at radius 2 is 2.08 bits per heavy atom. The molecule has 1 saturated heterocycles. The third kappa shape index (κ3) is 3.69. The number of nitriles is 1. The average molecular weight is 336 g/mol. The van der Waals surface area contributed by atoms with Gasteiger partial charge in [0.2, 0.25) is 5.91 Å². The number of nitrogens with zero attached hydrogens (tertiary/aromatic N) is 3. The number of piperidine rings is 1. The van der Waals surface area contributed by atoms with Crippen molar-refractivity contribution in [2.45, 2.75) is 45.2 Å². The zero-order valence-electron chi connectivity index (χ0n) is 14.6. The number of carbonyl (C=O) groups excluding carboxylic acids is 1. The lowest BCUT2D eigenvalue weighted by Gasteiger charge is -2.33. The normalized spacial score (nSPS) is 17.3. The summed E-state index contributed by atoms with van der Waals surface area (Å²) in [6.45, 7) is 3.07. The highest BCUT2D eigenvalue weighted by Gasteiger charge is 2.25. The molecule has 0 radical (unpaired) electrons. The number of anilines is 1. The molecule has 5 nitrogen and oxygen atoms in total. The maximum atomic E-state index is 12.8. The lowest BCUT2D eigenvalue weighted by Crippen LogP contribution is -2.43. The van der Waals surface area contributed by atoms with Crippen molar-refractivity contribution in [3.63, 3.8) is 0 Å². The van der Waals surface area contributed by atoms with Crippen LogP contribution in [0.5, 0.6) is 0 Å². The number of aromatic nitrogens is 1. The molecule has 1 aliphatic heterocycles. The van der Waals surface area contributed by atoms with E-state index >= 15 is 0 Å². The van der Waals surface area contributed by atoms with Gasteiger partial charge in [-0.25, -0.2) is 0 Å². The predicted molar refractivity (Wildman–Crippen MR) is 97.8 cm³/mol. The third-order valence-corrected chi connectivity index (χ3v) is 4.99. The van der Waals surface area contributed by atoms with Crippen LogP contribution in [0.4, 0.5) is 5.69 Å². The van der Waals surface area contributed by atoms with Gasteiger partial charge >= 0.3 is 0 Å². The molecule has 5 heteroatoms. The van der Waals surface area contributed by atoms with Crippen molar-refractivity contribution in [2.75, 3.05) is 12.3 Å². The van der Waals surface area contributed by atoms with Gasteiger partial charge in [-0.2, -0.15) is 5.26 Å². The van der Waals surface area contributed by atoms with E-state index in [1.807, 2.05) is 35.2 Å². The average Bonchev–Trinajstić information content (AvgIpc) is 2.91. The molecule has 0 unspecified atom stereocenters. The zero-order chi connectivity index (χ0) is 17.8. The highest BCUT2D eigenvalue weighted by molar-refractivity contribution is 5.77. The van der Waals surface area contributed by atoms with Gasteiger partial charge in [-0.05, 0) is 37.8 Å². The van der Waals surface area contributed by atoms with E-state index in [2.05, 4.69) is 13.0 Å². The van der Waals surface area contributed by atoms with Crippen LogP contribution in [0.1, 0.15) is 43.1 Å². The smallest absolute Gasteiger partial charge is 0.242 e. The third-order valence-electron chi connectivity index (χ3n) is 4.99. The minimum Gasteiger partial charge on any atom is -0.397 e. The summed E-state index contributed by atoms with van der Waals surface area (Å²) in [7, 11) is 0. The molecule has 0 bridgehead atoms. The summed E-state index contributed by atoms with van der Waals surface area (Å²) in [5.41, 5.74) is 9.11. The Morgan fingerprint density at radius 1 is 1.32 bits per heavy atom. The second-order valence-electron chi connectivity index (χ2n) is 6.72. The van der Waals surface area contributed by atoms with Crippen LogP contribution in [0.25, 0.3) is 0 Å². The molecule has 2 N–H and O–H groups in total. The summed E-state index contributed by atoms with van der Waals surface area (Å²) in [6, 6.07) is 14.1. The maximum absolute atomic E-state index is 12.8. The number of hydrogen-bond donors (Lipinski definition) is 1. The number of likely N-dealkylation sites (tertiary alicyclic amines) is 1. The molecule has 0 spiro atoms. The van der Waals surface area contributed by atoms with Crippen LogP contribution in [-0.4, -0.2) is 28.0 Å². The second-order valence-corrected chi connectivity index (χ2v) is 6.72. The monoisotopic (exact) mass is 336 g/mol. The van der Waals surface area contributed by atoms with Crippen LogP contribution >= 0.6 is 0 Å². The molecule has 1 atom stereocenters. The van der Waals surface area contributed by atoms with Crippen LogP contribution in [-0.2, 0) is 17.8 Å². The molecule has 2 heterocycles. The lowest BCUT2D eigenvalue weighted by atomic mass is 10.0. The van der Waals surface area contributed by atoms with E-state index in [1.165, 1.54) is 6.42 Å². The van der Waals surface area contributed by atoms with Gasteiger partial charge in [0.1, 0.15) is 18.3 Å². The van der Waals surface area contributed by atoms with Gasteiger partial charge in [0, 0.05) is 24.7 Å². The van der Waals surface area contributed by atoms with Crippen molar-refractivity contribution in [1.82, 2.24) is 9.47 Å². The van der Waals surface area contributed by atoms with E-state index in [4.69, 9.17) is 5.73 Å². The predicted octanol–water partition coefficient (Wildman–Crippen LogP) is 2.93. The number of nitrogen functional groups attached to an aromatic ring is 1. The van der Waals surface area contributed by atoms with Gasteiger partial charge in [0.15, 0.2) is 0 Å². The summed E-state index contributed by atoms with van der Waals surface area (Å²) in [4.78, 5) is 14.8. The first kappa shape index (κ1) is 17.1. The Morgan fingerprint density at radius 3 is 2.76 bits per heavy atom. The number of rotatable bonds is 4. The van der Waals surface area contributed by atoms with Crippen LogP contribution in [0.15, 0.2) is 36.4 Å². The molecule has 1 aliphatic rings. The molecular weight excluding hydrogens is 312 g/mol. The van der Waals surface area contributed by atoms with Crippen molar-refractivity contribution in [1.29, 1.82) is 5.26 Å². The Bertz CT molecular complexity index is 788. The molecule has 2 aromatic rings. The van der Waals surface area contributed by atoms with Crippen molar-refractivity contribution in [3.8, 4) is 6.07 Å². The van der Waals surface area contributed by atoms with E-state index in [1.54, 1.807) is 10.6 Å². The second kappa shape index (κ2) is 7.43. The first-order chi connectivity index (χ1) is 12.1. The van der Waals surface area contributed by atoms with Crippen LogP contribution in [0, 0.1) is 11.3 Å². The number of hydrogen-bond acceptors (Lipinski definition) is 3. The molecule has 1 aromatic heterocycles. The quantitative estimate of drug-likeness (QED) is 0.933. The number of nitrogens with two attached hydrogens (primary N) is 1. The van der Waals surface area contributed by atoms with Gasteiger partial charge in [0.25, 0.3) is 0 Å². The highest BCUT2D eigenvalue weighted by atomic mass is 16.2. The lowest BCUT2D eigenvalue weighted by molar-refractivity contribution is -0.135. The summed E-state index contributed by atoms with van der Waals surface area (Å²) in [6.07, 6.45) is 3.87. The molecule has 3 rings (SSSR count). The molecule has 0 saturated carbocycles. The SMILES string of the molecule is C[C@@H]1CCCCN1C(=O)Cn1c(C#N)cc(N)c1Cc1ccccc1. The van der Waals surface area contributed by atoms with E-state index < -0.39 is 0 Å². The fourth-order valence-corrected chi connectivity index (χ4v) is 3.56. The zero-order valence-corrected chi connectivity index (χ0v) is 14.6.